The molecule has 0 saturated heterocycles. The Bertz CT molecular complexity index is 523. The van der Waals surface area contributed by atoms with Crippen LogP contribution >= 0.6 is 0 Å². The minimum Gasteiger partial charge on any atom is -0.393 e. The summed E-state index contributed by atoms with van der Waals surface area (Å²) < 4.78 is 0. The van der Waals surface area contributed by atoms with Gasteiger partial charge in [0.05, 0.1) is 11.6 Å². The van der Waals surface area contributed by atoms with Crippen molar-refractivity contribution >= 4 is 16.9 Å². The highest BCUT2D eigenvalue weighted by atomic mass is 16.3. The third kappa shape index (κ3) is 2.22. The van der Waals surface area contributed by atoms with Gasteiger partial charge in [-0.2, -0.15) is 0 Å². The lowest BCUT2D eigenvalue weighted by Crippen LogP contribution is -2.33. The van der Waals surface area contributed by atoms with Gasteiger partial charge in [0.1, 0.15) is 0 Å². The maximum Gasteiger partial charge on any atom is 0.223 e. The van der Waals surface area contributed by atoms with E-state index in [1.165, 1.54) is 0 Å². The molecule has 0 unspecified atom stereocenters. The second-order valence-electron chi connectivity index (χ2n) is 4.62. The van der Waals surface area contributed by atoms with Gasteiger partial charge in [-0.3, -0.25) is 0 Å². The zero-order chi connectivity index (χ0) is 11.7. The number of nitrogens with one attached hydrogen (secondary N) is 1. The fourth-order valence-electron chi connectivity index (χ4n) is 2.16. The second-order valence-corrected chi connectivity index (χ2v) is 4.62. The van der Waals surface area contributed by atoms with E-state index < -0.39 is 0 Å². The summed E-state index contributed by atoms with van der Waals surface area (Å²) in [5.74, 6) is 1.23. The molecule has 4 heteroatoms. The molecule has 1 saturated carbocycles. The molecule has 3 rings (SSSR count). The highest BCUT2D eigenvalue weighted by molar-refractivity contribution is 5.78. The van der Waals surface area contributed by atoms with Gasteiger partial charge >= 0.3 is 0 Å². The summed E-state index contributed by atoms with van der Waals surface area (Å²) >= 11 is 0. The van der Waals surface area contributed by atoms with E-state index in [0.717, 1.165) is 30.3 Å². The summed E-state index contributed by atoms with van der Waals surface area (Å²) in [6.45, 7) is 0.843. The van der Waals surface area contributed by atoms with Gasteiger partial charge in [-0.1, -0.05) is 18.2 Å². The molecule has 88 valence electrons. The van der Waals surface area contributed by atoms with Crippen molar-refractivity contribution in [2.75, 3.05) is 11.9 Å². The van der Waals surface area contributed by atoms with Gasteiger partial charge in [0, 0.05) is 18.1 Å². The Morgan fingerprint density at radius 1 is 1.29 bits per heavy atom. The zero-order valence-corrected chi connectivity index (χ0v) is 9.50. The molecule has 0 radical (unpaired) electrons. The number of aliphatic hydroxyl groups excluding tert-OH is 1. The minimum absolute atomic E-state index is 0.0979. The van der Waals surface area contributed by atoms with Gasteiger partial charge < -0.3 is 10.4 Å². The number of para-hydroxylation sites is 1. The summed E-state index contributed by atoms with van der Waals surface area (Å²) in [7, 11) is 0. The standard InChI is InChI=1S/C13H15N3O/c17-11-5-9(6-11)7-14-13-15-8-10-3-1-2-4-12(10)16-13/h1-4,8-9,11,17H,5-7H2,(H,14,15,16). The van der Waals surface area contributed by atoms with Crippen molar-refractivity contribution in [3.8, 4) is 0 Å². The zero-order valence-electron chi connectivity index (χ0n) is 9.50. The summed E-state index contributed by atoms with van der Waals surface area (Å²) in [6.07, 6.45) is 3.51. The summed E-state index contributed by atoms with van der Waals surface area (Å²) in [5.41, 5.74) is 0.957. The van der Waals surface area contributed by atoms with Crippen molar-refractivity contribution in [1.82, 2.24) is 9.97 Å². The number of rotatable bonds is 3. The molecule has 0 aliphatic heterocycles. The lowest BCUT2D eigenvalue weighted by atomic mass is 9.82. The quantitative estimate of drug-likeness (QED) is 0.842. The molecular weight excluding hydrogens is 214 g/mol. The monoisotopic (exact) mass is 229 g/mol. The second kappa shape index (κ2) is 4.30. The number of nitrogens with zero attached hydrogens (tertiary/aromatic N) is 2. The number of aromatic nitrogens is 2. The van der Waals surface area contributed by atoms with Crippen LogP contribution in [-0.4, -0.2) is 27.7 Å². The number of fused-ring (bicyclic) bond motifs is 1. The maximum atomic E-state index is 9.20. The van der Waals surface area contributed by atoms with E-state index in [1.807, 2.05) is 30.5 Å². The van der Waals surface area contributed by atoms with E-state index in [-0.39, 0.29) is 6.10 Å². The average Bonchev–Trinajstić information content (AvgIpc) is 2.33. The Hall–Kier alpha value is -1.68. The first-order chi connectivity index (χ1) is 8.31. The minimum atomic E-state index is -0.0979. The predicted molar refractivity (Wildman–Crippen MR) is 66.8 cm³/mol. The third-order valence-corrected chi connectivity index (χ3v) is 3.25. The van der Waals surface area contributed by atoms with Crippen LogP contribution < -0.4 is 5.32 Å². The van der Waals surface area contributed by atoms with Crippen LogP contribution in [0.25, 0.3) is 10.9 Å². The Balaban J connectivity index is 1.68. The molecule has 17 heavy (non-hydrogen) atoms. The molecule has 1 aromatic heterocycles. The van der Waals surface area contributed by atoms with Gasteiger partial charge in [0.15, 0.2) is 0 Å². The molecule has 0 amide bonds. The SMILES string of the molecule is OC1CC(CNc2ncc3ccccc3n2)C1. The Kier molecular flexibility index (Phi) is 2.65. The molecule has 0 bridgehead atoms. The lowest BCUT2D eigenvalue weighted by molar-refractivity contribution is 0.0486. The number of hydrogen-bond acceptors (Lipinski definition) is 4. The van der Waals surface area contributed by atoms with Crippen molar-refractivity contribution in [3.63, 3.8) is 0 Å². The van der Waals surface area contributed by atoms with Crippen molar-refractivity contribution < 1.29 is 5.11 Å². The molecule has 1 fully saturated rings. The smallest absolute Gasteiger partial charge is 0.223 e. The summed E-state index contributed by atoms with van der Waals surface area (Å²) in [6, 6.07) is 7.94. The van der Waals surface area contributed by atoms with Crippen LogP contribution in [0.5, 0.6) is 0 Å². The highest BCUT2D eigenvalue weighted by Crippen LogP contribution is 2.26. The van der Waals surface area contributed by atoms with Crippen LogP contribution in [0.1, 0.15) is 12.8 Å². The third-order valence-electron chi connectivity index (χ3n) is 3.25. The van der Waals surface area contributed by atoms with E-state index in [1.54, 1.807) is 0 Å². The molecule has 1 aromatic carbocycles. The van der Waals surface area contributed by atoms with Gasteiger partial charge in [0.2, 0.25) is 5.95 Å². The summed E-state index contributed by atoms with van der Waals surface area (Å²) in [5, 5.41) is 13.5. The fraction of sp³-hybridized carbons (Fsp3) is 0.385. The topological polar surface area (TPSA) is 58.0 Å². The molecule has 2 aromatic rings. The van der Waals surface area contributed by atoms with E-state index in [9.17, 15) is 5.11 Å². The van der Waals surface area contributed by atoms with Crippen LogP contribution in [0.15, 0.2) is 30.5 Å². The van der Waals surface area contributed by atoms with Crippen molar-refractivity contribution in [2.24, 2.45) is 5.92 Å². The molecule has 1 aliphatic rings. The van der Waals surface area contributed by atoms with Crippen LogP contribution in [0.2, 0.25) is 0 Å². The van der Waals surface area contributed by atoms with Crippen LogP contribution in [-0.2, 0) is 0 Å². The maximum absolute atomic E-state index is 9.20. The molecule has 0 spiro atoms. The average molecular weight is 229 g/mol. The van der Waals surface area contributed by atoms with E-state index >= 15 is 0 Å². The van der Waals surface area contributed by atoms with Crippen molar-refractivity contribution in [1.29, 1.82) is 0 Å². The molecule has 4 nitrogen and oxygen atoms in total. The molecule has 0 atom stereocenters. The molecule has 1 heterocycles. The van der Waals surface area contributed by atoms with E-state index in [0.29, 0.717) is 11.9 Å². The van der Waals surface area contributed by atoms with Crippen molar-refractivity contribution in [3.05, 3.63) is 30.5 Å². The largest absolute Gasteiger partial charge is 0.393 e. The first-order valence-corrected chi connectivity index (χ1v) is 5.95. The van der Waals surface area contributed by atoms with Gasteiger partial charge in [-0.15, -0.1) is 0 Å². The number of hydrogen-bond donors (Lipinski definition) is 2. The highest BCUT2D eigenvalue weighted by Gasteiger charge is 2.26. The Labute approximate surface area is 99.7 Å². The normalized spacial score (nSPS) is 23.4. The van der Waals surface area contributed by atoms with Crippen LogP contribution in [0.4, 0.5) is 5.95 Å². The number of benzene rings is 1. The van der Waals surface area contributed by atoms with Crippen LogP contribution in [0, 0.1) is 5.92 Å². The molecule has 2 N–H and O–H groups in total. The van der Waals surface area contributed by atoms with Gasteiger partial charge in [-0.05, 0) is 24.8 Å². The van der Waals surface area contributed by atoms with Gasteiger partial charge in [0.25, 0.3) is 0 Å². The van der Waals surface area contributed by atoms with E-state index in [2.05, 4.69) is 15.3 Å². The first kappa shape index (κ1) is 10.5. The Morgan fingerprint density at radius 2 is 2.12 bits per heavy atom. The summed E-state index contributed by atoms with van der Waals surface area (Å²) in [4.78, 5) is 8.71. The number of anilines is 1. The van der Waals surface area contributed by atoms with Crippen LogP contribution in [0.3, 0.4) is 0 Å². The van der Waals surface area contributed by atoms with Gasteiger partial charge in [-0.25, -0.2) is 9.97 Å². The molecule has 1 aliphatic carbocycles. The van der Waals surface area contributed by atoms with Crippen molar-refractivity contribution in [2.45, 2.75) is 18.9 Å². The first-order valence-electron chi connectivity index (χ1n) is 5.95. The fourth-order valence-corrected chi connectivity index (χ4v) is 2.16. The number of aliphatic hydroxyl groups is 1. The predicted octanol–water partition coefficient (Wildman–Crippen LogP) is 1.81. The lowest BCUT2D eigenvalue weighted by Gasteiger charge is -2.31. The molecular formula is C13H15N3O. The van der Waals surface area contributed by atoms with E-state index in [4.69, 9.17) is 0 Å². The Morgan fingerprint density at radius 3 is 2.94 bits per heavy atom.